The third kappa shape index (κ3) is 4.08. The largest absolute Gasteiger partial charge is 0.494 e. The number of rotatable bonds is 6. The Labute approximate surface area is 126 Å². The van der Waals surface area contributed by atoms with Crippen molar-refractivity contribution >= 4 is 0 Å². The lowest BCUT2D eigenvalue weighted by Gasteiger charge is -2.23. The van der Waals surface area contributed by atoms with Gasteiger partial charge in [0, 0.05) is 6.54 Å². The molecule has 3 heteroatoms. The molecule has 0 heterocycles. The molecule has 0 bridgehead atoms. The minimum atomic E-state index is -0.286. The van der Waals surface area contributed by atoms with Gasteiger partial charge in [-0.25, -0.2) is 0 Å². The number of ether oxygens (including phenoxy) is 1. The smallest absolute Gasteiger partial charge is 0.124 e. The summed E-state index contributed by atoms with van der Waals surface area (Å²) in [6.07, 6.45) is 0. The number of nitriles is 1. The van der Waals surface area contributed by atoms with Crippen molar-refractivity contribution in [1.82, 2.24) is 4.90 Å². The van der Waals surface area contributed by atoms with Crippen molar-refractivity contribution in [2.75, 3.05) is 13.7 Å². The van der Waals surface area contributed by atoms with E-state index >= 15 is 0 Å². The van der Waals surface area contributed by atoms with Crippen LogP contribution in [-0.4, -0.2) is 18.6 Å². The molecule has 1 unspecified atom stereocenters. The molecule has 2 rings (SSSR count). The summed E-state index contributed by atoms with van der Waals surface area (Å²) in [5.41, 5.74) is 2.16. The van der Waals surface area contributed by atoms with Crippen molar-refractivity contribution in [2.24, 2.45) is 0 Å². The van der Waals surface area contributed by atoms with E-state index in [-0.39, 0.29) is 6.04 Å². The van der Waals surface area contributed by atoms with E-state index in [0.29, 0.717) is 6.61 Å². The Morgan fingerprint density at radius 1 is 1.14 bits per heavy atom. The molecule has 0 aliphatic heterocycles. The maximum absolute atomic E-state index is 9.52. The van der Waals surface area contributed by atoms with Crippen molar-refractivity contribution in [1.29, 1.82) is 5.26 Å². The molecule has 1 atom stereocenters. The van der Waals surface area contributed by atoms with Gasteiger partial charge < -0.3 is 4.74 Å². The Morgan fingerprint density at radius 3 is 2.57 bits per heavy atom. The molecule has 0 aromatic heterocycles. The van der Waals surface area contributed by atoms with Crippen LogP contribution in [0.1, 0.15) is 24.1 Å². The van der Waals surface area contributed by atoms with Crippen LogP contribution in [-0.2, 0) is 6.54 Å². The lowest BCUT2D eigenvalue weighted by Crippen LogP contribution is -2.23. The van der Waals surface area contributed by atoms with E-state index in [4.69, 9.17) is 4.74 Å². The summed E-state index contributed by atoms with van der Waals surface area (Å²) in [6.45, 7) is 3.31. The van der Waals surface area contributed by atoms with Gasteiger partial charge in [0.25, 0.3) is 0 Å². The first-order valence-corrected chi connectivity index (χ1v) is 7.11. The van der Waals surface area contributed by atoms with Crippen LogP contribution < -0.4 is 4.74 Å². The summed E-state index contributed by atoms with van der Waals surface area (Å²) in [5, 5.41) is 9.52. The van der Waals surface area contributed by atoms with E-state index in [1.54, 1.807) is 0 Å². The molecule has 2 aromatic rings. The second kappa shape index (κ2) is 7.47. The summed E-state index contributed by atoms with van der Waals surface area (Å²) < 4.78 is 5.51. The topological polar surface area (TPSA) is 36.3 Å². The summed E-state index contributed by atoms with van der Waals surface area (Å²) >= 11 is 0. The van der Waals surface area contributed by atoms with E-state index in [0.717, 1.165) is 17.9 Å². The Morgan fingerprint density at radius 2 is 1.90 bits per heavy atom. The van der Waals surface area contributed by atoms with Crippen LogP contribution in [0.2, 0.25) is 0 Å². The van der Waals surface area contributed by atoms with Crippen LogP contribution in [0.5, 0.6) is 5.75 Å². The highest BCUT2D eigenvalue weighted by atomic mass is 16.5. The molecule has 3 nitrogen and oxygen atoms in total. The van der Waals surface area contributed by atoms with Gasteiger partial charge >= 0.3 is 0 Å². The lowest BCUT2D eigenvalue weighted by molar-refractivity contribution is 0.282. The predicted octanol–water partition coefficient (Wildman–Crippen LogP) is 3.78. The van der Waals surface area contributed by atoms with Crippen LogP contribution >= 0.6 is 0 Å². The van der Waals surface area contributed by atoms with Crippen LogP contribution in [0.4, 0.5) is 0 Å². The molecule has 0 amide bonds. The maximum atomic E-state index is 9.52. The van der Waals surface area contributed by atoms with Gasteiger partial charge in [0.1, 0.15) is 11.8 Å². The Hall–Kier alpha value is -2.31. The fraction of sp³-hybridized carbons (Fsp3) is 0.278. The highest BCUT2D eigenvalue weighted by Crippen LogP contribution is 2.24. The zero-order chi connectivity index (χ0) is 15.1. The third-order valence-corrected chi connectivity index (χ3v) is 3.32. The van der Waals surface area contributed by atoms with Gasteiger partial charge in [-0.3, -0.25) is 4.90 Å². The standard InChI is InChI=1S/C18H20N2O/c1-3-21-17-11-7-10-16(12-17)18(13-19)20(2)14-15-8-5-4-6-9-15/h4-12,18H,3,14H2,1-2H3. The second-order valence-corrected chi connectivity index (χ2v) is 4.94. The molecular weight excluding hydrogens is 260 g/mol. The molecular formula is C18H20N2O. The number of hydrogen-bond acceptors (Lipinski definition) is 3. The van der Waals surface area contributed by atoms with Crippen LogP contribution in [0, 0.1) is 11.3 Å². The molecule has 0 radical (unpaired) electrons. The molecule has 2 aromatic carbocycles. The van der Waals surface area contributed by atoms with E-state index in [9.17, 15) is 5.26 Å². The quantitative estimate of drug-likeness (QED) is 0.808. The monoisotopic (exact) mass is 280 g/mol. The van der Waals surface area contributed by atoms with Gasteiger partial charge in [-0.05, 0) is 37.2 Å². The zero-order valence-electron chi connectivity index (χ0n) is 12.5. The van der Waals surface area contributed by atoms with E-state index < -0.39 is 0 Å². The van der Waals surface area contributed by atoms with Gasteiger partial charge in [-0.15, -0.1) is 0 Å². The van der Waals surface area contributed by atoms with Crippen molar-refractivity contribution in [3.05, 3.63) is 65.7 Å². The maximum Gasteiger partial charge on any atom is 0.124 e. The Kier molecular flexibility index (Phi) is 5.36. The van der Waals surface area contributed by atoms with Crippen molar-refractivity contribution in [2.45, 2.75) is 19.5 Å². The summed E-state index contributed by atoms with van der Waals surface area (Å²) in [7, 11) is 1.97. The number of hydrogen-bond donors (Lipinski definition) is 0. The number of nitrogens with zero attached hydrogens (tertiary/aromatic N) is 2. The van der Waals surface area contributed by atoms with Gasteiger partial charge in [-0.2, -0.15) is 5.26 Å². The van der Waals surface area contributed by atoms with E-state index in [1.165, 1.54) is 5.56 Å². The van der Waals surface area contributed by atoms with E-state index in [2.05, 4.69) is 18.2 Å². The predicted molar refractivity (Wildman–Crippen MR) is 83.9 cm³/mol. The molecule has 0 fully saturated rings. The van der Waals surface area contributed by atoms with Crippen LogP contribution in [0.15, 0.2) is 54.6 Å². The highest BCUT2D eigenvalue weighted by Gasteiger charge is 2.17. The summed E-state index contributed by atoms with van der Waals surface area (Å²) in [4.78, 5) is 2.04. The first kappa shape index (κ1) is 15.1. The molecule has 0 saturated heterocycles. The van der Waals surface area contributed by atoms with Crippen LogP contribution in [0.3, 0.4) is 0 Å². The third-order valence-electron chi connectivity index (χ3n) is 3.32. The lowest BCUT2D eigenvalue weighted by atomic mass is 10.1. The Balaban J connectivity index is 2.15. The van der Waals surface area contributed by atoms with E-state index in [1.807, 2.05) is 61.3 Å². The summed E-state index contributed by atoms with van der Waals surface area (Å²) in [5.74, 6) is 0.809. The normalized spacial score (nSPS) is 11.9. The fourth-order valence-electron chi connectivity index (χ4n) is 2.33. The fourth-order valence-corrected chi connectivity index (χ4v) is 2.33. The average molecular weight is 280 g/mol. The Bertz CT molecular complexity index is 604. The first-order valence-electron chi connectivity index (χ1n) is 7.11. The minimum Gasteiger partial charge on any atom is -0.494 e. The van der Waals surface area contributed by atoms with Gasteiger partial charge in [0.2, 0.25) is 0 Å². The van der Waals surface area contributed by atoms with Crippen molar-refractivity contribution in [3.8, 4) is 11.8 Å². The number of benzene rings is 2. The first-order chi connectivity index (χ1) is 10.2. The SMILES string of the molecule is CCOc1cccc(C(C#N)N(C)Cc2ccccc2)c1. The molecule has 21 heavy (non-hydrogen) atoms. The molecule has 0 aliphatic rings. The van der Waals surface area contributed by atoms with Crippen molar-refractivity contribution < 1.29 is 4.74 Å². The molecule has 108 valence electrons. The molecule has 0 aliphatic carbocycles. The highest BCUT2D eigenvalue weighted by molar-refractivity contribution is 5.33. The molecule has 0 N–H and O–H groups in total. The van der Waals surface area contributed by atoms with Crippen molar-refractivity contribution in [3.63, 3.8) is 0 Å². The molecule has 0 spiro atoms. The zero-order valence-corrected chi connectivity index (χ0v) is 12.5. The minimum absolute atomic E-state index is 0.286. The average Bonchev–Trinajstić information content (AvgIpc) is 2.50. The van der Waals surface area contributed by atoms with Gasteiger partial charge in [-0.1, -0.05) is 42.5 Å². The second-order valence-electron chi connectivity index (χ2n) is 4.94. The van der Waals surface area contributed by atoms with Gasteiger partial charge in [0.05, 0.1) is 12.7 Å². The van der Waals surface area contributed by atoms with Crippen LogP contribution in [0.25, 0.3) is 0 Å². The molecule has 0 saturated carbocycles. The summed E-state index contributed by atoms with van der Waals surface area (Å²) in [6, 6.07) is 20.0. The van der Waals surface area contributed by atoms with Gasteiger partial charge in [0.15, 0.2) is 0 Å².